The van der Waals surface area contributed by atoms with Gasteiger partial charge in [0, 0.05) is 0 Å². The lowest BCUT2D eigenvalue weighted by Gasteiger charge is -2.52. The third kappa shape index (κ3) is 2.25. The molecular weight excluding hydrogens is 160 g/mol. The first-order valence-electron chi connectivity index (χ1n) is 5.58. The molecule has 1 aliphatic carbocycles. The summed E-state index contributed by atoms with van der Waals surface area (Å²) in [6, 6.07) is 0. The van der Waals surface area contributed by atoms with E-state index in [1.807, 2.05) is 20.8 Å². The highest BCUT2D eigenvalue weighted by Crippen LogP contribution is 2.54. The average molecular weight is 186 g/mol. The fourth-order valence-electron chi connectivity index (χ4n) is 1.86. The van der Waals surface area contributed by atoms with Crippen LogP contribution in [0.4, 0.5) is 0 Å². The summed E-state index contributed by atoms with van der Waals surface area (Å²) in [5.41, 5.74) is 0.479. The summed E-state index contributed by atoms with van der Waals surface area (Å²) in [6.45, 7) is 12.6. The van der Waals surface area contributed by atoms with Gasteiger partial charge < -0.3 is 5.11 Å². The van der Waals surface area contributed by atoms with Crippen molar-refractivity contribution < 1.29 is 5.11 Å². The predicted octanol–water partition coefficient (Wildman–Crippen LogP) is 3.61. The largest absolute Gasteiger partial charge is 0.393 e. The lowest BCUT2D eigenvalue weighted by molar-refractivity contribution is -0.0787. The van der Waals surface area contributed by atoms with E-state index in [-0.39, 0.29) is 11.5 Å². The van der Waals surface area contributed by atoms with Crippen LogP contribution in [0.2, 0.25) is 0 Å². The molecule has 0 spiro atoms. The zero-order valence-corrected chi connectivity index (χ0v) is 10.1. The van der Waals surface area contributed by atoms with E-state index in [1.165, 1.54) is 19.3 Å². The highest BCUT2D eigenvalue weighted by Gasteiger charge is 2.47. The van der Waals surface area contributed by atoms with E-state index in [4.69, 9.17) is 0 Å². The summed E-state index contributed by atoms with van der Waals surface area (Å²) in [5, 5.41) is 9.58. The van der Waals surface area contributed by atoms with E-state index < -0.39 is 0 Å². The number of hydrogen-bond donors (Lipinski definition) is 1. The maximum Gasteiger partial charge on any atom is 0.0568 e. The van der Waals surface area contributed by atoms with Crippen molar-refractivity contribution in [3.05, 3.63) is 0 Å². The monoisotopic (exact) mass is 186 g/mol. The maximum absolute atomic E-state index is 9.58. The van der Waals surface area contributed by atoms with Crippen LogP contribution in [0.1, 0.15) is 60.8 Å². The fourth-order valence-corrected chi connectivity index (χ4v) is 1.86. The van der Waals surface area contributed by atoms with Crippen LogP contribution in [0.25, 0.3) is 0 Å². The summed E-state index contributed by atoms with van der Waals surface area (Å²) in [7, 11) is 0. The summed E-state index contributed by atoms with van der Waals surface area (Å²) in [6.07, 6.45) is 3.72. The number of hydrogen-bond acceptors (Lipinski definition) is 1. The Labute approximate surface area is 83.5 Å². The van der Waals surface area contributed by atoms with Crippen LogP contribution in [0, 0.1) is 10.8 Å². The van der Waals surface area contributed by atoms with Crippen LogP contribution in [0.3, 0.4) is 0 Å². The summed E-state index contributed by atoms with van der Waals surface area (Å²) in [5.74, 6) is 0. The fraction of sp³-hybridized carbons (Fsp3) is 1.00. The second-order valence-corrected chi connectivity index (χ2v) is 4.81. The molecule has 0 saturated heterocycles. The van der Waals surface area contributed by atoms with Crippen LogP contribution in [0.5, 0.6) is 0 Å². The molecule has 0 aromatic rings. The molecular formula is C12H26O. The van der Waals surface area contributed by atoms with E-state index in [0.717, 1.165) is 0 Å². The normalized spacial score (nSPS) is 22.4. The second kappa shape index (κ2) is 4.45. The van der Waals surface area contributed by atoms with E-state index in [9.17, 15) is 5.11 Å². The minimum absolute atomic E-state index is 0.0885. The molecule has 1 nitrogen and oxygen atoms in total. The zero-order valence-electron chi connectivity index (χ0n) is 10.1. The highest BCUT2D eigenvalue weighted by atomic mass is 16.3. The molecule has 1 atom stereocenters. The molecule has 0 aromatic carbocycles. The molecule has 0 amide bonds. The molecule has 0 heterocycles. The van der Waals surface area contributed by atoms with Crippen molar-refractivity contribution in [2.24, 2.45) is 10.8 Å². The van der Waals surface area contributed by atoms with Crippen molar-refractivity contribution in [1.29, 1.82) is 0 Å². The Kier molecular flexibility index (Phi) is 4.44. The third-order valence-electron chi connectivity index (χ3n) is 4.06. The van der Waals surface area contributed by atoms with E-state index in [2.05, 4.69) is 20.8 Å². The van der Waals surface area contributed by atoms with Gasteiger partial charge in [0.05, 0.1) is 6.10 Å². The van der Waals surface area contributed by atoms with Gasteiger partial charge >= 0.3 is 0 Å². The topological polar surface area (TPSA) is 20.2 Å². The molecule has 80 valence electrons. The molecule has 0 aliphatic heterocycles. The number of rotatable bonds is 2. The molecule has 1 N–H and O–H groups in total. The zero-order chi connectivity index (χ0) is 10.7. The quantitative estimate of drug-likeness (QED) is 0.698. The molecule has 1 aliphatic rings. The van der Waals surface area contributed by atoms with E-state index in [0.29, 0.717) is 5.41 Å². The first-order valence-corrected chi connectivity index (χ1v) is 5.58. The van der Waals surface area contributed by atoms with Crippen LogP contribution in [0.15, 0.2) is 0 Å². The minimum Gasteiger partial charge on any atom is -0.393 e. The van der Waals surface area contributed by atoms with Gasteiger partial charge in [-0.05, 0) is 30.6 Å². The van der Waals surface area contributed by atoms with Crippen LogP contribution < -0.4 is 0 Å². The van der Waals surface area contributed by atoms with Crippen molar-refractivity contribution >= 4 is 0 Å². The molecule has 13 heavy (non-hydrogen) atoms. The lowest BCUT2D eigenvalue weighted by Crippen LogP contribution is -2.47. The number of aliphatic hydroxyl groups is 1. The average Bonchev–Trinajstić information content (AvgIpc) is 2.03. The highest BCUT2D eigenvalue weighted by molar-refractivity contribution is 4.97. The Bertz CT molecular complexity index is 143. The molecule has 0 radical (unpaired) electrons. The predicted molar refractivity (Wildman–Crippen MR) is 58.8 cm³/mol. The Balaban J connectivity index is 0.000000671. The first kappa shape index (κ1) is 13.0. The molecule has 0 bridgehead atoms. The SMILES string of the molecule is CC.CC(O)C(C)(C)C1(C)CCC1. The summed E-state index contributed by atoms with van der Waals surface area (Å²) in [4.78, 5) is 0. The van der Waals surface area contributed by atoms with Gasteiger partial charge in [-0.3, -0.25) is 0 Å². The van der Waals surface area contributed by atoms with Gasteiger partial charge in [-0.15, -0.1) is 0 Å². The minimum atomic E-state index is -0.187. The summed E-state index contributed by atoms with van der Waals surface area (Å²) >= 11 is 0. The van der Waals surface area contributed by atoms with Gasteiger partial charge in [-0.1, -0.05) is 41.0 Å². The van der Waals surface area contributed by atoms with Crippen molar-refractivity contribution in [2.45, 2.75) is 66.9 Å². The van der Waals surface area contributed by atoms with Gasteiger partial charge in [-0.25, -0.2) is 0 Å². The Hall–Kier alpha value is -0.0400. The van der Waals surface area contributed by atoms with Crippen LogP contribution in [-0.2, 0) is 0 Å². The molecule has 1 fully saturated rings. The molecule has 1 rings (SSSR count). The smallest absolute Gasteiger partial charge is 0.0568 e. The van der Waals surface area contributed by atoms with Crippen molar-refractivity contribution in [2.75, 3.05) is 0 Å². The second-order valence-electron chi connectivity index (χ2n) is 4.81. The van der Waals surface area contributed by atoms with E-state index >= 15 is 0 Å². The third-order valence-corrected chi connectivity index (χ3v) is 4.06. The van der Waals surface area contributed by atoms with Gasteiger partial charge in [0.2, 0.25) is 0 Å². The summed E-state index contributed by atoms with van der Waals surface area (Å²) < 4.78 is 0. The first-order chi connectivity index (χ1) is 5.90. The Morgan fingerprint density at radius 3 is 1.69 bits per heavy atom. The van der Waals surface area contributed by atoms with Gasteiger partial charge in [0.25, 0.3) is 0 Å². The number of aliphatic hydroxyl groups excluding tert-OH is 1. The van der Waals surface area contributed by atoms with Gasteiger partial charge in [0.15, 0.2) is 0 Å². The van der Waals surface area contributed by atoms with Crippen molar-refractivity contribution in [1.82, 2.24) is 0 Å². The molecule has 1 saturated carbocycles. The molecule has 1 heteroatoms. The van der Waals surface area contributed by atoms with Crippen LogP contribution >= 0.6 is 0 Å². The maximum atomic E-state index is 9.58. The Morgan fingerprint density at radius 2 is 1.62 bits per heavy atom. The lowest BCUT2D eigenvalue weighted by atomic mass is 9.54. The van der Waals surface area contributed by atoms with Gasteiger partial charge in [0.1, 0.15) is 0 Å². The van der Waals surface area contributed by atoms with Crippen molar-refractivity contribution in [3.63, 3.8) is 0 Å². The molecule has 0 aromatic heterocycles. The van der Waals surface area contributed by atoms with Crippen molar-refractivity contribution in [3.8, 4) is 0 Å². The molecule has 1 unspecified atom stereocenters. The standard InChI is InChI=1S/C10H20O.C2H6/c1-8(11)9(2,3)10(4)6-5-7-10;1-2/h8,11H,5-7H2,1-4H3;1-2H3. The van der Waals surface area contributed by atoms with Crippen LogP contribution in [-0.4, -0.2) is 11.2 Å². The Morgan fingerprint density at radius 1 is 1.23 bits per heavy atom. The van der Waals surface area contributed by atoms with Gasteiger partial charge in [-0.2, -0.15) is 0 Å². The van der Waals surface area contributed by atoms with E-state index in [1.54, 1.807) is 0 Å².